The van der Waals surface area contributed by atoms with Crippen LogP contribution in [0.3, 0.4) is 0 Å². The third-order valence-corrected chi connectivity index (χ3v) is 3.01. The van der Waals surface area contributed by atoms with E-state index in [1.807, 2.05) is 11.8 Å². The van der Waals surface area contributed by atoms with Crippen molar-refractivity contribution in [3.63, 3.8) is 0 Å². The van der Waals surface area contributed by atoms with E-state index in [2.05, 4.69) is 38.3 Å². The third kappa shape index (κ3) is 1.84. The Labute approximate surface area is 79.4 Å². The zero-order chi connectivity index (χ0) is 8.97. The Morgan fingerprint density at radius 2 is 1.92 bits per heavy atom. The summed E-state index contributed by atoms with van der Waals surface area (Å²) in [5.74, 6) is 0. The van der Waals surface area contributed by atoms with Crippen LogP contribution in [0.15, 0.2) is 23.1 Å². The van der Waals surface area contributed by atoms with Gasteiger partial charge in [-0.3, -0.25) is 0 Å². The zero-order valence-corrected chi connectivity index (χ0v) is 8.87. The lowest BCUT2D eigenvalue weighted by atomic mass is 10.0. The number of thioether (sulfide) groups is 1. The van der Waals surface area contributed by atoms with Crippen LogP contribution in [-0.4, -0.2) is 6.26 Å². The van der Waals surface area contributed by atoms with Gasteiger partial charge in [-0.15, -0.1) is 11.8 Å². The maximum Gasteiger partial charge on any atom is 0.0104 e. The van der Waals surface area contributed by atoms with Crippen molar-refractivity contribution in [2.45, 2.75) is 31.6 Å². The minimum absolute atomic E-state index is 1.15. The van der Waals surface area contributed by atoms with Gasteiger partial charge in [0.15, 0.2) is 0 Å². The lowest BCUT2D eigenvalue weighted by Crippen LogP contribution is -1.92. The predicted octanol–water partition coefficient (Wildman–Crippen LogP) is 3.53. The van der Waals surface area contributed by atoms with Crippen LogP contribution >= 0.6 is 11.8 Å². The van der Waals surface area contributed by atoms with E-state index in [-0.39, 0.29) is 0 Å². The number of aryl methyl sites for hydroxylation is 1. The van der Waals surface area contributed by atoms with Gasteiger partial charge in [0.1, 0.15) is 0 Å². The molecule has 0 aliphatic carbocycles. The van der Waals surface area contributed by atoms with E-state index in [0.29, 0.717) is 0 Å². The second-order valence-corrected chi connectivity index (χ2v) is 3.65. The summed E-state index contributed by atoms with van der Waals surface area (Å²) >= 11 is 1.85. The molecule has 0 aliphatic rings. The molecule has 1 heteroatoms. The minimum Gasteiger partial charge on any atom is -0.129 e. The molecule has 0 aliphatic heterocycles. The Hall–Kier alpha value is -0.430. The molecule has 0 nitrogen and oxygen atoms in total. The fraction of sp³-hybridized carbons (Fsp3) is 0.455. The molecular weight excluding hydrogens is 164 g/mol. The third-order valence-electron chi connectivity index (χ3n) is 2.18. The molecule has 0 N–H and O–H groups in total. The molecule has 0 aromatic heterocycles. The highest BCUT2D eigenvalue weighted by Crippen LogP contribution is 2.24. The largest absolute Gasteiger partial charge is 0.129 e. The topological polar surface area (TPSA) is 0 Å². The molecule has 0 atom stereocenters. The molecule has 1 aromatic rings. The molecule has 0 heterocycles. The van der Waals surface area contributed by atoms with E-state index in [1.54, 1.807) is 0 Å². The first kappa shape index (κ1) is 9.66. The van der Waals surface area contributed by atoms with Crippen LogP contribution in [0.2, 0.25) is 0 Å². The smallest absolute Gasteiger partial charge is 0.0104 e. The van der Waals surface area contributed by atoms with Gasteiger partial charge in [0, 0.05) is 4.90 Å². The Morgan fingerprint density at radius 1 is 1.17 bits per heavy atom. The molecule has 0 radical (unpaired) electrons. The van der Waals surface area contributed by atoms with Crippen LogP contribution in [0.4, 0.5) is 0 Å². The molecule has 0 bridgehead atoms. The fourth-order valence-electron chi connectivity index (χ4n) is 1.53. The average molecular weight is 180 g/mol. The Balaban J connectivity index is 3.13. The summed E-state index contributed by atoms with van der Waals surface area (Å²) in [6.45, 7) is 4.45. The maximum atomic E-state index is 2.23. The maximum absolute atomic E-state index is 2.23. The first-order chi connectivity index (χ1) is 5.83. The Morgan fingerprint density at radius 3 is 2.42 bits per heavy atom. The van der Waals surface area contributed by atoms with E-state index in [9.17, 15) is 0 Å². The van der Waals surface area contributed by atoms with Gasteiger partial charge >= 0.3 is 0 Å². The van der Waals surface area contributed by atoms with Gasteiger partial charge in [0.2, 0.25) is 0 Å². The number of rotatable bonds is 3. The van der Waals surface area contributed by atoms with E-state index in [0.717, 1.165) is 12.8 Å². The number of benzene rings is 1. The van der Waals surface area contributed by atoms with E-state index in [4.69, 9.17) is 0 Å². The van der Waals surface area contributed by atoms with Crippen molar-refractivity contribution < 1.29 is 0 Å². The molecule has 0 fully saturated rings. The number of hydrogen-bond acceptors (Lipinski definition) is 1. The second kappa shape index (κ2) is 4.56. The van der Waals surface area contributed by atoms with Gasteiger partial charge in [0.05, 0.1) is 0 Å². The van der Waals surface area contributed by atoms with Crippen molar-refractivity contribution >= 4 is 11.8 Å². The first-order valence-corrected chi connectivity index (χ1v) is 5.70. The van der Waals surface area contributed by atoms with Gasteiger partial charge < -0.3 is 0 Å². The highest BCUT2D eigenvalue weighted by atomic mass is 32.2. The molecular formula is C11H16S. The van der Waals surface area contributed by atoms with Crippen LogP contribution in [0, 0.1) is 0 Å². The Bertz CT molecular complexity index is 231. The van der Waals surface area contributed by atoms with Gasteiger partial charge in [-0.2, -0.15) is 0 Å². The van der Waals surface area contributed by atoms with E-state index in [1.165, 1.54) is 16.0 Å². The van der Waals surface area contributed by atoms with Crippen molar-refractivity contribution in [1.82, 2.24) is 0 Å². The summed E-state index contributed by atoms with van der Waals surface area (Å²) in [4.78, 5) is 1.44. The fourth-order valence-corrected chi connectivity index (χ4v) is 2.27. The van der Waals surface area contributed by atoms with Crippen LogP contribution in [0.1, 0.15) is 25.0 Å². The van der Waals surface area contributed by atoms with Crippen molar-refractivity contribution in [3.8, 4) is 0 Å². The molecule has 0 spiro atoms. The lowest BCUT2D eigenvalue weighted by molar-refractivity contribution is 0.998. The zero-order valence-electron chi connectivity index (χ0n) is 8.05. The molecule has 0 saturated carbocycles. The summed E-state index contributed by atoms with van der Waals surface area (Å²) in [7, 11) is 0. The van der Waals surface area contributed by atoms with Crippen molar-refractivity contribution in [2.75, 3.05) is 6.26 Å². The molecule has 0 unspecified atom stereocenters. The number of hydrogen-bond donors (Lipinski definition) is 0. The van der Waals surface area contributed by atoms with Crippen LogP contribution in [0.5, 0.6) is 0 Å². The second-order valence-electron chi connectivity index (χ2n) is 2.81. The quantitative estimate of drug-likeness (QED) is 0.641. The molecule has 12 heavy (non-hydrogen) atoms. The minimum atomic E-state index is 1.15. The lowest BCUT2D eigenvalue weighted by Gasteiger charge is -2.09. The first-order valence-electron chi connectivity index (χ1n) is 4.48. The summed E-state index contributed by atoms with van der Waals surface area (Å²) in [5, 5.41) is 0. The molecule has 1 rings (SSSR count). The average Bonchev–Trinajstić information content (AvgIpc) is 2.16. The summed E-state index contributed by atoms with van der Waals surface area (Å²) in [6, 6.07) is 6.60. The highest BCUT2D eigenvalue weighted by molar-refractivity contribution is 7.98. The van der Waals surface area contributed by atoms with Crippen LogP contribution in [-0.2, 0) is 12.8 Å². The van der Waals surface area contributed by atoms with Gasteiger partial charge in [-0.1, -0.05) is 26.0 Å². The van der Waals surface area contributed by atoms with Crippen LogP contribution in [0.25, 0.3) is 0 Å². The normalized spacial score (nSPS) is 10.2. The van der Waals surface area contributed by atoms with Crippen LogP contribution < -0.4 is 0 Å². The monoisotopic (exact) mass is 180 g/mol. The molecule has 0 saturated heterocycles. The highest BCUT2D eigenvalue weighted by Gasteiger charge is 2.02. The predicted molar refractivity (Wildman–Crippen MR) is 57.0 cm³/mol. The van der Waals surface area contributed by atoms with Gasteiger partial charge in [0.25, 0.3) is 0 Å². The molecule has 1 aromatic carbocycles. The standard InChI is InChI=1S/C11H16S/c1-4-9-7-6-8-11(12-3)10(9)5-2/h6-8H,4-5H2,1-3H3. The van der Waals surface area contributed by atoms with Crippen molar-refractivity contribution in [3.05, 3.63) is 29.3 Å². The van der Waals surface area contributed by atoms with Gasteiger partial charge in [-0.25, -0.2) is 0 Å². The molecule has 66 valence electrons. The SMILES string of the molecule is CCc1cccc(SC)c1CC. The van der Waals surface area contributed by atoms with Gasteiger partial charge in [-0.05, 0) is 36.3 Å². The van der Waals surface area contributed by atoms with Crippen molar-refractivity contribution in [2.24, 2.45) is 0 Å². The Kier molecular flexibility index (Phi) is 3.67. The summed E-state index contributed by atoms with van der Waals surface area (Å²) in [5.41, 5.74) is 3.04. The molecule has 0 amide bonds. The van der Waals surface area contributed by atoms with Crippen molar-refractivity contribution in [1.29, 1.82) is 0 Å². The summed E-state index contributed by atoms with van der Waals surface area (Å²) < 4.78 is 0. The van der Waals surface area contributed by atoms with E-state index >= 15 is 0 Å². The summed E-state index contributed by atoms with van der Waals surface area (Å²) in [6.07, 6.45) is 4.45. The van der Waals surface area contributed by atoms with E-state index < -0.39 is 0 Å².